The van der Waals surface area contributed by atoms with Crippen LogP contribution in [-0.2, 0) is 14.3 Å². The van der Waals surface area contributed by atoms with Crippen molar-refractivity contribution in [1.82, 2.24) is 4.90 Å². The highest BCUT2D eigenvalue weighted by Crippen LogP contribution is 2.28. The van der Waals surface area contributed by atoms with Crippen molar-refractivity contribution in [2.45, 2.75) is 6.04 Å². The molecule has 1 fully saturated rings. The van der Waals surface area contributed by atoms with E-state index in [4.69, 9.17) is 4.74 Å². The van der Waals surface area contributed by atoms with E-state index in [0.717, 1.165) is 0 Å². The lowest BCUT2D eigenvalue weighted by Crippen LogP contribution is -2.53. The zero-order valence-electron chi connectivity index (χ0n) is 10.9. The Bertz CT molecular complexity index is 509. The molecule has 0 aliphatic carbocycles. The second-order valence-electron chi connectivity index (χ2n) is 4.28. The number of hydrogen-bond donors (Lipinski definition) is 2. The number of amides is 1. The van der Waals surface area contributed by atoms with Crippen LogP contribution in [0.5, 0.6) is 11.5 Å². The molecule has 2 rings (SSSR count). The number of benzene rings is 1. The van der Waals surface area contributed by atoms with E-state index in [-0.39, 0.29) is 36.8 Å². The predicted molar refractivity (Wildman–Crippen MR) is 67.4 cm³/mol. The number of methoxy groups -OCH3 is 1. The first-order chi connectivity index (χ1) is 9.56. The van der Waals surface area contributed by atoms with Crippen molar-refractivity contribution < 1.29 is 29.3 Å². The van der Waals surface area contributed by atoms with Crippen LogP contribution in [0.15, 0.2) is 18.2 Å². The van der Waals surface area contributed by atoms with Gasteiger partial charge in [-0.25, -0.2) is 4.79 Å². The summed E-state index contributed by atoms with van der Waals surface area (Å²) in [6.07, 6.45) is 0. The van der Waals surface area contributed by atoms with Gasteiger partial charge in [0, 0.05) is 6.54 Å². The van der Waals surface area contributed by atoms with Gasteiger partial charge >= 0.3 is 5.97 Å². The SMILES string of the molecule is COC(=O)C1COCCN1C(=O)c1c(O)cccc1O. The van der Waals surface area contributed by atoms with Gasteiger partial charge in [0.1, 0.15) is 17.1 Å². The van der Waals surface area contributed by atoms with Gasteiger partial charge in [0.2, 0.25) is 0 Å². The van der Waals surface area contributed by atoms with Gasteiger partial charge in [-0.05, 0) is 12.1 Å². The highest BCUT2D eigenvalue weighted by Gasteiger charge is 2.35. The first-order valence-electron chi connectivity index (χ1n) is 6.03. The Labute approximate surface area is 115 Å². The molecule has 7 nitrogen and oxygen atoms in total. The van der Waals surface area contributed by atoms with Gasteiger partial charge in [-0.15, -0.1) is 0 Å². The Hall–Kier alpha value is -2.28. The monoisotopic (exact) mass is 281 g/mol. The number of aromatic hydroxyl groups is 2. The van der Waals surface area contributed by atoms with Crippen molar-refractivity contribution in [1.29, 1.82) is 0 Å². The minimum Gasteiger partial charge on any atom is -0.507 e. The van der Waals surface area contributed by atoms with Crippen LogP contribution in [0.3, 0.4) is 0 Å². The van der Waals surface area contributed by atoms with E-state index in [1.165, 1.54) is 30.2 Å². The standard InChI is InChI=1S/C13H15NO6/c1-19-13(18)8-7-20-6-5-14(8)12(17)11-9(15)3-2-4-10(11)16/h2-4,8,15-16H,5-7H2,1H3. The molecule has 1 aromatic rings. The van der Waals surface area contributed by atoms with Crippen molar-refractivity contribution in [3.05, 3.63) is 23.8 Å². The van der Waals surface area contributed by atoms with Crippen LogP contribution in [0, 0.1) is 0 Å². The molecule has 1 aromatic carbocycles. The minimum atomic E-state index is -0.889. The van der Waals surface area contributed by atoms with Gasteiger partial charge in [-0.3, -0.25) is 4.79 Å². The molecule has 7 heteroatoms. The summed E-state index contributed by atoms with van der Waals surface area (Å²) in [4.78, 5) is 25.3. The van der Waals surface area contributed by atoms with Crippen LogP contribution < -0.4 is 0 Å². The number of ether oxygens (including phenoxy) is 2. The van der Waals surface area contributed by atoms with E-state index in [2.05, 4.69) is 4.74 Å². The van der Waals surface area contributed by atoms with Crippen molar-refractivity contribution in [2.75, 3.05) is 26.9 Å². The zero-order chi connectivity index (χ0) is 14.7. The summed E-state index contributed by atoms with van der Waals surface area (Å²) in [5.74, 6) is -1.93. The lowest BCUT2D eigenvalue weighted by Gasteiger charge is -2.33. The van der Waals surface area contributed by atoms with Crippen molar-refractivity contribution in [3.8, 4) is 11.5 Å². The molecule has 0 bridgehead atoms. The molecule has 1 heterocycles. The molecule has 1 saturated heterocycles. The Morgan fingerprint density at radius 3 is 2.60 bits per heavy atom. The maximum absolute atomic E-state index is 12.4. The molecule has 0 aromatic heterocycles. The molecule has 0 radical (unpaired) electrons. The minimum absolute atomic E-state index is 0.0206. The molecule has 0 spiro atoms. The quantitative estimate of drug-likeness (QED) is 0.747. The highest BCUT2D eigenvalue weighted by molar-refractivity contribution is 6.01. The normalized spacial score (nSPS) is 18.6. The molecule has 0 saturated carbocycles. The van der Waals surface area contributed by atoms with Crippen LogP contribution in [0.4, 0.5) is 0 Å². The van der Waals surface area contributed by atoms with Crippen LogP contribution in [0.25, 0.3) is 0 Å². The smallest absolute Gasteiger partial charge is 0.331 e. The Kier molecular flexibility index (Phi) is 4.09. The molecule has 2 N–H and O–H groups in total. The predicted octanol–water partition coefficient (Wildman–Crippen LogP) is 0.112. The first kappa shape index (κ1) is 14.1. The largest absolute Gasteiger partial charge is 0.507 e. The molecule has 1 aliphatic rings. The number of rotatable bonds is 2. The average molecular weight is 281 g/mol. The van der Waals surface area contributed by atoms with E-state index in [1.807, 2.05) is 0 Å². The van der Waals surface area contributed by atoms with Gasteiger partial charge in [0.05, 0.1) is 20.3 Å². The Balaban J connectivity index is 2.33. The van der Waals surface area contributed by atoms with Crippen LogP contribution in [0.2, 0.25) is 0 Å². The second kappa shape index (κ2) is 5.79. The topological polar surface area (TPSA) is 96.3 Å². The van der Waals surface area contributed by atoms with Crippen molar-refractivity contribution in [2.24, 2.45) is 0 Å². The number of carbonyl (C=O) groups is 2. The number of esters is 1. The summed E-state index contributed by atoms with van der Waals surface area (Å²) >= 11 is 0. The lowest BCUT2D eigenvalue weighted by atomic mass is 10.1. The van der Waals surface area contributed by atoms with Crippen LogP contribution in [-0.4, -0.2) is 59.9 Å². The number of morpholine rings is 1. The summed E-state index contributed by atoms with van der Waals surface area (Å²) in [5.41, 5.74) is -0.233. The van der Waals surface area contributed by atoms with Gasteiger partial charge in [0.15, 0.2) is 6.04 Å². The summed E-state index contributed by atoms with van der Waals surface area (Å²) in [7, 11) is 1.22. The summed E-state index contributed by atoms with van der Waals surface area (Å²) in [5, 5.41) is 19.4. The maximum Gasteiger partial charge on any atom is 0.331 e. The van der Waals surface area contributed by atoms with E-state index >= 15 is 0 Å². The number of phenols is 2. The molecule has 1 amide bonds. The molecule has 108 valence electrons. The van der Waals surface area contributed by atoms with E-state index in [9.17, 15) is 19.8 Å². The van der Waals surface area contributed by atoms with E-state index < -0.39 is 17.9 Å². The van der Waals surface area contributed by atoms with Crippen molar-refractivity contribution >= 4 is 11.9 Å². The summed E-state index contributed by atoms with van der Waals surface area (Å²) in [6.45, 7) is 0.465. The molecular weight excluding hydrogens is 266 g/mol. The fourth-order valence-corrected chi connectivity index (χ4v) is 2.07. The molecule has 1 aliphatic heterocycles. The summed E-state index contributed by atoms with van der Waals surface area (Å²) < 4.78 is 9.79. The number of nitrogens with zero attached hydrogens (tertiary/aromatic N) is 1. The van der Waals surface area contributed by atoms with E-state index in [0.29, 0.717) is 0 Å². The van der Waals surface area contributed by atoms with Gasteiger partial charge in [-0.2, -0.15) is 0 Å². The van der Waals surface area contributed by atoms with Crippen molar-refractivity contribution in [3.63, 3.8) is 0 Å². The number of carbonyl (C=O) groups excluding carboxylic acids is 2. The molecule has 1 atom stereocenters. The highest BCUT2D eigenvalue weighted by atomic mass is 16.5. The average Bonchev–Trinajstić information content (AvgIpc) is 2.46. The Morgan fingerprint density at radius 1 is 1.35 bits per heavy atom. The maximum atomic E-state index is 12.4. The van der Waals surface area contributed by atoms with Crippen LogP contribution >= 0.6 is 0 Å². The lowest BCUT2D eigenvalue weighted by molar-refractivity contribution is -0.151. The van der Waals surface area contributed by atoms with Gasteiger partial charge < -0.3 is 24.6 Å². The zero-order valence-corrected chi connectivity index (χ0v) is 10.9. The molecule has 1 unspecified atom stereocenters. The molecular formula is C13H15NO6. The fourth-order valence-electron chi connectivity index (χ4n) is 2.07. The fraction of sp³-hybridized carbons (Fsp3) is 0.385. The van der Waals surface area contributed by atoms with Gasteiger partial charge in [0.25, 0.3) is 5.91 Å². The second-order valence-corrected chi connectivity index (χ2v) is 4.28. The van der Waals surface area contributed by atoms with Gasteiger partial charge in [-0.1, -0.05) is 6.07 Å². The molecule has 20 heavy (non-hydrogen) atoms. The third-order valence-corrected chi connectivity index (χ3v) is 3.10. The van der Waals surface area contributed by atoms with Crippen LogP contribution in [0.1, 0.15) is 10.4 Å². The third-order valence-electron chi connectivity index (χ3n) is 3.10. The van der Waals surface area contributed by atoms with E-state index in [1.54, 1.807) is 0 Å². The summed E-state index contributed by atoms with van der Waals surface area (Å²) in [6, 6.07) is 3.11. The number of phenolic OH excluding ortho intramolecular Hbond substituents is 2. The number of hydrogen-bond acceptors (Lipinski definition) is 6. The first-order valence-corrected chi connectivity index (χ1v) is 6.03. The Morgan fingerprint density at radius 2 is 2.00 bits per heavy atom. The third kappa shape index (κ3) is 2.53.